The summed E-state index contributed by atoms with van der Waals surface area (Å²) in [5.41, 5.74) is 3.11. The van der Waals surface area contributed by atoms with Crippen LogP contribution < -0.4 is 0 Å². The van der Waals surface area contributed by atoms with Crippen molar-refractivity contribution in [2.45, 2.75) is 64.3 Å². The van der Waals surface area contributed by atoms with Crippen LogP contribution in [-0.2, 0) is 15.6 Å². The van der Waals surface area contributed by atoms with Gasteiger partial charge in [-0.05, 0) is 60.7 Å². The van der Waals surface area contributed by atoms with Gasteiger partial charge in [-0.1, -0.05) is 26.8 Å². The second kappa shape index (κ2) is 6.17. The van der Waals surface area contributed by atoms with Crippen LogP contribution >= 0.6 is 0 Å². The molecule has 1 aliphatic carbocycles. The molecular weight excluding hydrogens is 292 g/mol. The van der Waals surface area contributed by atoms with Gasteiger partial charge in [-0.2, -0.15) is 0 Å². The zero-order chi connectivity index (χ0) is 16.5. The molecular formula is C18H28O3Si. The number of esters is 1. The summed E-state index contributed by atoms with van der Waals surface area (Å²) in [6.07, 6.45) is 3.34. The summed E-state index contributed by atoms with van der Waals surface area (Å²) in [4.78, 5) is 11.8. The number of methoxy groups -OCH3 is 1. The van der Waals surface area contributed by atoms with Crippen molar-refractivity contribution in [3.05, 3.63) is 34.9 Å². The normalized spacial score (nSPS) is 18.7. The Morgan fingerprint density at radius 1 is 1.27 bits per heavy atom. The molecule has 0 bridgehead atoms. The second-order valence-electron chi connectivity index (χ2n) is 7.66. The molecule has 0 amide bonds. The molecule has 0 aromatic heterocycles. The molecule has 1 atom stereocenters. The fourth-order valence-corrected chi connectivity index (χ4v) is 3.97. The lowest BCUT2D eigenvalue weighted by Gasteiger charge is -2.41. The Labute approximate surface area is 135 Å². The van der Waals surface area contributed by atoms with Crippen molar-refractivity contribution in [1.29, 1.82) is 0 Å². The van der Waals surface area contributed by atoms with E-state index in [9.17, 15) is 4.79 Å². The van der Waals surface area contributed by atoms with Gasteiger partial charge >= 0.3 is 5.97 Å². The van der Waals surface area contributed by atoms with Crippen LogP contribution in [0, 0.1) is 0 Å². The van der Waals surface area contributed by atoms with Gasteiger partial charge in [-0.3, -0.25) is 0 Å². The van der Waals surface area contributed by atoms with Crippen LogP contribution in [0.2, 0.25) is 18.1 Å². The SMILES string of the molecule is COC(=O)c1ccc2c(c1)C(O[Si](C)(C)C(C)(C)C)CCC2. The minimum Gasteiger partial charge on any atom is -0.465 e. The Hall–Kier alpha value is -1.13. The first-order valence-corrected chi connectivity index (χ1v) is 11.0. The van der Waals surface area contributed by atoms with E-state index in [2.05, 4.69) is 39.9 Å². The van der Waals surface area contributed by atoms with Gasteiger partial charge in [0.25, 0.3) is 0 Å². The Kier molecular flexibility index (Phi) is 4.83. The standard InChI is InChI=1S/C18H28O3Si/c1-18(2,3)22(5,6)21-16-9-7-8-13-10-11-14(12-15(13)16)17(19)20-4/h10-12,16H,7-9H2,1-6H3. The van der Waals surface area contributed by atoms with Gasteiger partial charge in [0, 0.05) is 0 Å². The monoisotopic (exact) mass is 320 g/mol. The highest BCUT2D eigenvalue weighted by Crippen LogP contribution is 2.43. The van der Waals surface area contributed by atoms with Crippen LogP contribution in [0.5, 0.6) is 0 Å². The average Bonchev–Trinajstić information content (AvgIpc) is 2.45. The zero-order valence-corrected chi connectivity index (χ0v) is 15.7. The molecule has 0 heterocycles. The van der Waals surface area contributed by atoms with Gasteiger partial charge in [0.15, 0.2) is 8.32 Å². The zero-order valence-electron chi connectivity index (χ0n) is 14.7. The van der Waals surface area contributed by atoms with Crippen LogP contribution in [0.1, 0.15) is 61.2 Å². The van der Waals surface area contributed by atoms with E-state index in [0.717, 1.165) is 19.3 Å². The van der Waals surface area contributed by atoms with Crippen LogP contribution in [0.3, 0.4) is 0 Å². The highest BCUT2D eigenvalue weighted by atomic mass is 28.4. The Balaban J connectivity index is 2.33. The molecule has 1 aromatic rings. The van der Waals surface area contributed by atoms with Gasteiger partial charge in [0.1, 0.15) is 0 Å². The molecule has 0 aliphatic heterocycles. The number of rotatable bonds is 3. The summed E-state index contributed by atoms with van der Waals surface area (Å²) in [5.74, 6) is -0.278. The van der Waals surface area contributed by atoms with Crippen LogP contribution in [0.25, 0.3) is 0 Å². The predicted octanol–water partition coefficient (Wildman–Crippen LogP) is 4.87. The number of carbonyl (C=O) groups excluding carboxylic acids is 1. The van der Waals surface area contributed by atoms with E-state index in [-0.39, 0.29) is 17.1 Å². The number of hydrogen-bond donors (Lipinski definition) is 0. The lowest BCUT2D eigenvalue weighted by atomic mass is 9.88. The highest BCUT2D eigenvalue weighted by molar-refractivity contribution is 6.74. The summed E-state index contributed by atoms with van der Waals surface area (Å²) in [5, 5.41) is 0.185. The molecule has 2 rings (SSSR count). The lowest BCUT2D eigenvalue weighted by Crippen LogP contribution is -2.42. The van der Waals surface area contributed by atoms with Crippen molar-refractivity contribution >= 4 is 14.3 Å². The number of ether oxygens (including phenoxy) is 1. The van der Waals surface area contributed by atoms with Gasteiger partial charge in [-0.25, -0.2) is 4.79 Å². The van der Waals surface area contributed by atoms with Crippen molar-refractivity contribution in [2.75, 3.05) is 7.11 Å². The van der Waals surface area contributed by atoms with E-state index >= 15 is 0 Å². The van der Waals surface area contributed by atoms with E-state index in [4.69, 9.17) is 9.16 Å². The van der Waals surface area contributed by atoms with Crippen molar-refractivity contribution in [2.24, 2.45) is 0 Å². The van der Waals surface area contributed by atoms with E-state index in [1.807, 2.05) is 12.1 Å². The molecule has 4 heteroatoms. The Morgan fingerprint density at radius 3 is 2.55 bits per heavy atom. The van der Waals surface area contributed by atoms with E-state index in [1.165, 1.54) is 18.2 Å². The lowest BCUT2D eigenvalue weighted by molar-refractivity contribution is 0.0600. The van der Waals surface area contributed by atoms with Crippen molar-refractivity contribution < 1.29 is 14.0 Å². The minimum absolute atomic E-state index is 0.106. The second-order valence-corrected chi connectivity index (χ2v) is 12.4. The number of carbonyl (C=O) groups is 1. The summed E-state index contributed by atoms with van der Waals surface area (Å²) >= 11 is 0. The molecule has 122 valence electrons. The topological polar surface area (TPSA) is 35.5 Å². The third-order valence-corrected chi connectivity index (χ3v) is 9.56. The number of benzene rings is 1. The summed E-state index contributed by atoms with van der Waals surface area (Å²) in [7, 11) is -0.408. The van der Waals surface area contributed by atoms with Crippen molar-refractivity contribution in [1.82, 2.24) is 0 Å². The molecule has 3 nitrogen and oxygen atoms in total. The Morgan fingerprint density at radius 2 is 1.95 bits per heavy atom. The summed E-state index contributed by atoms with van der Waals surface area (Å²) in [6, 6.07) is 5.89. The fraction of sp³-hybridized carbons (Fsp3) is 0.611. The van der Waals surface area contributed by atoms with Crippen molar-refractivity contribution in [3.8, 4) is 0 Å². The third-order valence-electron chi connectivity index (χ3n) is 5.07. The first kappa shape index (κ1) is 17.2. The highest BCUT2D eigenvalue weighted by Gasteiger charge is 2.40. The van der Waals surface area contributed by atoms with E-state index < -0.39 is 8.32 Å². The largest absolute Gasteiger partial charge is 0.465 e. The fourth-order valence-electron chi connectivity index (χ4n) is 2.66. The number of fused-ring (bicyclic) bond motifs is 1. The summed E-state index contributed by atoms with van der Waals surface area (Å²) in [6.45, 7) is 11.3. The molecule has 0 spiro atoms. The van der Waals surface area contributed by atoms with E-state index in [1.54, 1.807) is 0 Å². The van der Waals surface area contributed by atoms with Gasteiger partial charge in [-0.15, -0.1) is 0 Å². The first-order valence-electron chi connectivity index (χ1n) is 8.04. The smallest absolute Gasteiger partial charge is 0.337 e. The first-order chi connectivity index (χ1) is 10.2. The van der Waals surface area contributed by atoms with Gasteiger partial charge < -0.3 is 9.16 Å². The predicted molar refractivity (Wildman–Crippen MR) is 91.7 cm³/mol. The van der Waals surface area contributed by atoms with Gasteiger partial charge in [0.05, 0.1) is 18.8 Å². The maximum Gasteiger partial charge on any atom is 0.337 e. The molecule has 1 unspecified atom stereocenters. The van der Waals surface area contributed by atoms with Gasteiger partial charge in [0.2, 0.25) is 0 Å². The molecule has 0 fully saturated rings. The molecule has 0 saturated carbocycles. The van der Waals surface area contributed by atoms with Crippen LogP contribution in [0.15, 0.2) is 18.2 Å². The molecule has 0 radical (unpaired) electrons. The quantitative estimate of drug-likeness (QED) is 0.588. The van der Waals surface area contributed by atoms with Crippen molar-refractivity contribution in [3.63, 3.8) is 0 Å². The van der Waals surface area contributed by atoms with Crippen LogP contribution in [-0.4, -0.2) is 21.4 Å². The minimum atomic E-state index is -1.83. The van der Waals surface area contributed by atoms with Crippen LogP contribution in [0.4, 0.5) is 0 Å². The summed E-state index contributed by atoms with van der Waals surface area (Å²) < 4.78 is 11.5. The number of hydrogen-bond acceptors (Lipinski definition) is 3. The molecule has 1 aromatic carbocycles. The molecule has 22 heavy (non-hydrogen) atoms. The molecule has 1 aliphatic rings. The third kappa shape index (κ3) is 3.44. The number of aryl methyl sites for hydroxylation is 1. The molecule has 0 saturated heterocycles. The average molecular weight is 321 g/mol. The maximum absolute atomic E-state index is 11.8. The Bertz CT molecular complexity index is 558. The van der Waals surface area contributed by atoms with E-state index in [0.29, 0.717) is 5.56 Å². The maximum atomic E-state index is 11.8. The molecule has 0 N–H and O–H groups in total.